The van der Waals surface area contributed by atoms with Gasteiger partial charge in [0.05, 0.1) is 6.10 Å². The van der Waals surface area contributed by atoms with Crippen molar-refractivity contribution in [2.75, 3.05) is 0 Å². The number of thiophene rings is 1. The van der Waals surface area contributed by atoms with Crippen LogP contribution in [-0.2, 0) is 6.54 Å². The van der Waals surface area contributed by atoms with Crippen molar-refractivity contribution in [1.29, 1.82) is 0 Å². The van der Waals surface area contributed by atoms with Gasteiger partial charge in [-0.15, -0.1) is 11.3 Å². The van der Waals surface area contributed by atoms with Crippen molar-refractivity contribution < 1.29 is 15.0 Å². The van der Waals surface area contributed by atoms with Crippen molar-refractivity contribution in [3.8, 4) is 0 Å². The van der Waals surface area contributed by atoms with Crippen LogP contribution in [0.1, 0.15) is 40.2 Å². The summed E-state index contributed by atoms with van der Waals surface area (Å²) in [5, 5.41) is 21.9. The number of aliphatic hydroxyl groups is 1. The summed E-state index contributed by atoms with van der Waals surface area (Å²) in [6.07, 6.45) is 3.85. The first-order valence-electron chi connectivity index (χ1n) is 5.90. The maximum absolute atomic E-state index is 10.7. The minimum absolute atomic E-state index is 0.152. The van der Waals surface area contributed by atoms with Gasteiger partial charge >= 0.3 is 5.97 Å². The van der Waals surface area contributed by atoms with Crippen molar-refractivity contribution in [2.24, 2.45) is 0 Å². The highest BCUT2D eigenvalue weighted by Crippen LogP contribution is 2.20. The molecular weight excluding hydrogens is 238 g/mol. The molecule has 2 unspecified atom stereocenters. The van der Waals surface area contributed by atoms with E-state index >= 15 is 0 Å². The molecule has 1 aliphatic rings. The lowest BCUT2D eigenvalue weighted by atomic mass is 9.92. The molecule has 17 heavy (non-hydrogen) atoms. The average Bonchev–Trinajstić information content (AvgIpc) is 2.77. The highest BCUT2D eigenvalue weighted by molar-refractivity contribution is 7.13. The molecule has 2 atom stereocenters. The molecule has 0 spiro atoms. The third kappa shape index (κ3) is 3.28. The van der Waals surface area contributed by atoms with E-state index in [0.717, 1.165) is 30.6 Å². The van der Waals surface area contributed by atoms with Crippen molar-refractivity contribution in [2.45, 2.75) is 44.4 Å². The maximum Gasteiger partial charge on any atom is 0.345 e. The van der Waals surface area contributed by atoms with E-state index in [9.17, 15) is 9.90 Å². The number of hydrogen-bond acceptors (Lipinski definition) is 4. The van der Waals surface area contributed by atoms with Gasteiger partial charge in [0.2, 0.25) is 0 Å². The normalized spacial score (nSPS) is 24.8. The zero-order valence-electron chi connectivity index (χ0n) is 9.56. The van der Waals surface area contributed by atoms with Crippen LogP contribution in [0.15, 0.2) is 12.1 Å². The van der Waals surface area contributed by atoms with E-state index in [0.29, 0.717) is 11.4 Å². The molecule has 3 N–H and O–H groups in total. The molecule has 0 aliphatic heterocycles. The monoisotopic (exact) mass is 255 g/mol. The third-order valence-corrected chi connectivity index (χ3v) is 4.21. The second-order valence-corrected chi connectivity index (χ2v) is 5.58. The van der Waals surface area contributed by atoms with Crippen LogP contribution in [0.25, 0.3) is 0 Å². The number of hydrogen-bond donors (Lipinski definition) is 3. The predicted octanol–water partition coefficient (Wildman–Crippen LogP) is 1.84. The van der Waals surface area contributed by atoms with E-state index in [-0.39, 0.29) is 12.1 Å². The Morgan fingerprint density at radius 2 is 2.18 bits per heavy atom. The number of carboxylic acid groups (broad SMARTS) is 1. The summed E-state index contributed by atoms with van der Waals surface area (Å²) < 4.78 is 0. The Labute approximate surface area is 104 Å². The second-order valence-electron chi connectivity index (χ2n) is 4.41. The number of aromatic carboxylic acids is 1. The molecule has 5 heteroatoms. The first kappa shape index (κ1) is 12.5. The van der Waals surface area contributed by atoms with Gasteiger partial charge in [0.25, 0.3) is 0 Å². The molecule has 0 aromatic carbocycles. The summed E-state index contributed by atoms with van der Waals surface area (Å²) >= 11 is 1.29. The van der Waals surface area contributed by atoms with Crippen LogP contribution in [0.5, 0.6) is 0 Å². The molecule has 1 aromatic rings. The summed E-state index contributed by atoms with van der Waals surface area (Å²) in [6.45, 7) is 0.639. The van der Waals surface area contributed by atoms with Gasteiger partial charge in [-0.1, -0.05) is 12.8 Å². The molecular formula is C12H17NO3S. The van der Waals surface area contributed by atoms with Gasteiger partial charge in [-0.05, 0) is 25.0 Å². The molecule has 1 aliphatic carbocycles. The van der Waals surface area contributed by atoms with Crippen LogP contribution in [0.2, 0.25) is 0 Å². The van der Waals surface area contributed by atoms with Gasteiger partial charge in [-0.3, -0.25) is 0 Å². The molecule has 0 amide bonds. The quantitative estimate of drug-likeness (QED) is 0.768. The zero-order chi connectivity index (χ0) is 12.3. The van der Waals surface area contributed by atoms with Gasteiger partial charge in [-0.25, -0.2) is 4.79 Å². The van der Waals surface area contributed by atoms with Crippen LogP contribution in [0.3, 0.4) is 0 Å². The summed E-state index contributed by atoms with van der Waals surface area (Å²) in [5.74, 6) is -0.876. The minimum Gasteiger partial charge on any atom is -0.477 e. The molecule has 94 valence electrons. The zero-order valence-corrected chi connectivity index (χ0v) is 10.4. The SMILES string of the molecule is O=C(O)c1ccc(CNC2CCCCC2O)s1. The molecule has 0 bridgehead atoms. The van der Waals surface area contributed by atoms with Gasteiger partial charge < -0.3 is 15.5 Å². The van der Waals surface area contributed by atoms with Crippen LogP contribution in [0, 0.1) is 0 Å². The average molecular weight is 255 g/mol. The number of carbonyl (C=O) groups is 1. The maximum atomic E-state index is 10.7. The van der Waals surface area contributed by atoms with Crippen LogP contribution >= 0.6 is 11.3 Å². The molecule has 2 rings (SSSR count). The molecule has 0 saturated heterocycles. The number of rotatable bonds is 4. The summed E-state index contributed by atoms with van der Waals surface area (Å²) in [5.41, 5.74) is 0. The largest absolute Gasteiger partial charge is 0.477 e. The van der Waals surface area contributed by atoms with Gasteiger partial charge in [0.1, 0.15) is 4.88 Å². The van der Waals surface area contributed by atoms with E-state index in [4.69, 9.17) is 5.11 Å². The van der Waals surface area contributed by atoms with Gasteiger partial charge in [0, 0.05) is 17.5 Å². The minimum atomic E-state index is -0.876. The fourth-order valence-electron chi connectivity index (χ4n) is 2.17. The summed E-state index contributed by atoms with van der Waals surface area (Å²) in [7, 11) is 0. The van der Waals surface area contributed by atoms with Crippen molar-refractivity contribution in [1.82, 2.24) is 5.32 Å². The molecule has 0 radical (unpaired) electrons. The Morgan fingerprint density at radius 3 is 2.82 bits per heavy atom. The van der Waals surface area contributed by atoms with Crippen molar-refractivity contribution in [3.63, 3.8) is 0 Å². The molecule has 1 fully saturated rings. The summed E-state index contributed by atoms with van der Waals surface area (Å²) in [4.78, 5) is 12.1. The topological polar surface area (TPSA) is 69.6 Å². The second kappa shape index (κ2) is 5.62. The van der Waals surface area contributed by atoms with Crippen molar-refractivity contribution >= 4 is 17.3 Å². The van der Waals surface area contributed by atoms with Crippen LogP contribution in [0.4, 0.5) is 0 Å². The standard InChI is InChI=1S/C12H17NO3S/c14-10-4-2-1-3-9(10)13-7-8-5-6-11(17-8)12(15)16/h5-6,9-10,13-14H,1-4,7H2,(H,15,16). The number of nitrogens with one attached hydrogen (secondary N) is 1. The molecule has 1 saturated carbocycles. The molecule has 4 nitrogen and oxygen atoms in total. The van der Waals surface area contributed by atoms with Crippen LogP contribution < -0.4 is 5.32 Å². The Bertz CT molecular complexity index is 391. The molecule has 1 aromatic heterocycles. The lowest BCUT2D eigenvalue weighted by Gasteiger charge is -2.28. The smallest absolute Gasteiger partial charge is 0.345 e. The Balaban J connectivity index is 1.86. The van der Waals surface area contributed by atoms with E-state index in [1.165, 1.54) is 11.3 Å². The van der Waals surface area contributed by atoms with E-state index in [1.807, 2.05) is 6.07 Å². The first-order chi connectivity index (χ1) is 8.16. The van der Waals surface area contributed by atoms with Crippen molar-refractivity contribution in [3.05, 3.63) is 21.9 Å². The highest BCUT2D eigenvalue weighted by atomic mass is 32.1. The van der Waals surface area contributed by atoms with E-state index in [1.54, 1.807) is 6.07 Å². The Hall–Kier alpha value is -0.910. The van der Waals surface area contributed by atoms with Crippen LogP contribution in [-0.4, -0.2) is 28.3 Å². The molecule has 1 heterocycles. The first-order valence-corrected chi connectivity index (χ1v) is 6.72. The number of aliphatic hydroxyl groups excluding tert-OH is 1. The Morgan fingerprint density at radius 1 is 1.41 bits per heavy atom. The third-order valence-electron chi connectivity index (χ3n) is 3.14. The summed E-state index contributed by atoms with van der Waals surface area (Å²) in [6, 6.07) is 3.61. The van der Waals surface area contributed by atoms with Gasteiger partial charge in [-0.2, -0.15) is 0 Å². The Kier molecular flexibility index (Phi) is 4.15. The lowest BCUT2D eigenvalue weighted by molar-refractivity contribution is 0.0702. The lowest BCUT2D eigenvalue weighted by Crippen LogP contribution is -2.41. The fourth-order valence-corrected chi connectivity index (χ4v) is 2.97. The fraction of sp³-hybridized carbons (Fsp3) is 0.583. The highest BCUT2D eigenvalue weighted by Gasteiger charge is 2.22. The van der Waals surface area contributed by atoms with E-state index < -0.39 is 5.97 Å². The van der Waals surface area contributed by atoms with E-state index in [2.05, 4.69) is 5.32 Å². The number of carboxylic acids is 1. The van der Waals surface area contributed by atoms with Gasteiger partial charge in [0.15, 0.2) is 0 Å². The predicted molar refractivity (Wildman–Crippen MR) is 66.4 cm³/mol.